The van der Waals surface area contributed by atoms with Crippen LogP contribution < -0.4 is 21.3 Å². The minimum Gasteiger partial charge on any atom is -0.355 e. The molecule has 234 valence electrons. The molecule has 0 spiro atoms. The van der Waals surface area contributed by atoms with Crippen molar-refractivity contribution in [1.82, 2.24) is 21.3 Å². The number of nitrogens with one attached hydrogen (secondary N) is 4. The van der Waals surface area contributed by atoms with E-state index in [1.807, 2.05) is 0 Å². The summed E-state index contributed by atoms with van der Waals surface area (Å²) in [4.78, 5) is 44.8. The molecule has 20 heteroatoms. The SMILES string of the molecule is C=CS(=O)(=O)CC(=O)NCCCNC(=O)CS(=O)(=O)C=C.C=CS(=O)(=O)CC(=O)NCCNC(=O)CS(=O)(=O)C=C. The summed E-state index contributed by atoms with van der Waals surface area (Å²) in [6, 6.07) is 0. The minimum atomic E-state index is -3.63. The van der Waals surface area contributed by atoms with Gasteiger partial charge < -0.3 is 21.3 Å². The summed E-state index contributed by atoms with van der Waals surface area (Å²) in [7, 11) is -14.4. The van der Waals surface area contributed by atoms with E-state index in [-0.39, 0.29) is 26.2 Å². The van der Waals surface area contributed by atoms with Crippen LogP contribution in [0.25, 0.3) is 0 Å². The van der Waals surface area contributed by atoms with Gasteiger partial charge in [-0.15, -0.1) is 0 Å². The van der Waals surface area contributed by atoms with E-state index in [9.17, 15) is 52.8 Å². The summed E-state index contributed by atoms with van der Waals surface area (Å²) in [6.45, 7) is 12.5. The highest BCUT2D eigenvalue weighted by Crippen LogP contribution is 1.92. The molecule has 0 aromatic carbocycles. The van der Waals surface area contributed by atoms with E-state index in [0.717, 1.165) is 0 Å². The second-order valence-electron chi connectivity index (χ2n) is 7.65. The van der Waals surface area contributed by atoms with Gasteiger partial charge in [-0.05, 0) is 6.42 Å². The first-order valence-corrected chi connectivity index (χ1v) is 18.1. The van der Waals surface area contributed by atoms with Crippen LogP contribution in [0.5, 0.6) is 0 Å². The maximum absolute atomic E-state index is 11.2. The molecule has 0 atom stereocenters. The Hall–Kier alpha value is -3.36. The van der Waals surface area contributed by atoms with Crippen LogP contribution in [0.3, 0.4) is 0 Å². The zero-order valence-corrected chi connectivity index (χ0v) is 25.3. The lowest BCUT2D eigenvalue weighted by molar-refractivity contribution is -0.120. The van der Waals surface area contributed by atoms with Crippen molar-refractivity contribution in [3.05, 3.63) is 47.9 Å². The van der Waals surface area contributed by atoms with Gasteiger partial charge in [0, 0.05) is 47.8 Å². The Morgan fingerprint density at radius 1 is 0.415 bits per heavy atom. The molecule has 0 aromatic rings. The molecule has 0 aliphatic heterocycles. The highest BCUT2D eigenvalue weighted by molar-refractivity contribution is 7.95. The van der Waals surface area contributed by atoms with Crippen LogP contribution >= 0.6 is 0 Å². The molecular formula is C21H34N4O12S4. The third-order valence-corrected chi connectivity index (χ3v) is 8.80. The molecule has 4 amide bonds. The quantitative estimate of drug-likeness (QED) is 0.101. The van der Waals surface area contributed by atoms with E-state index in [1.54, 1.807) is 0 Å². The van der Waals surface area contributed by atoms with Crippen molar-refractivity contribution in [2.24, 2.45) is 0 Å². The lowest BCUT2D eigenvalue weighted by atomic mass is 10.4. The van der Waals surface area contributed by atoms with Crippen LogP contribution in [-0.4, -0.2) is 106 Å². The van der Waals surface area contributed by atoms with Gasteiger partial charge in [0.05, 0.1) is 0 Å². The zero-order chi connectivity index (χ0) is 32.3. The number of rotatable bonds is 19. The second kappa shape index (κ2) is 18.9. The van der Waals surface area contributed by atoms with E-state index in [4.69, 9.17) is 0 Å². The highest BCUT2D eigenvalue weighted by atomic mass is 32.2. The average molecular weight is 663 g/mol. The van der Waals surface area contributed by atoms with Gasteiger partial charge in [0.1, 0.15) is 23.0 Å². The van der Waals surface area contributed by atoms with Gasteiger partial charge in [0.15, 0.2) is 39.3 Å². The first-order chi connectivity index (χ1) is 18.7. The van der Waals surface area contributed by atoms with Crippen molar-refractivity contribution in [2.45, 2.75) is 6.42 Å². The molecule has 0 heterocycles. The molecule has 0 aromatic heterocycles. The van der Waals surface area contributed by atoms with E-state index in [2.05, 4.69) is 47.6 Å². The maximum Gasteiger partial charge on any atom is 0.235 e. The fraction of sp³-hybridized carbons (Fsp3) is 0.429. The summed E-state index contributed by atoms with van der Waals surface area (Å²) in [5, 5.41) is 12.0. The zero-order valence-electron chi connectivity index (χ0n) is 22.0. The molecule has 4 N–H and O–H groups in total. The van der Waals surface area contributed by atoms with Gasteiger partial charge >= 0.3 is 0 Å². The van der Waals surface area contributed by atoms with Crippen molar-refractivity contribution in [3.63, 3.8) is 0 Å². The fourth-order valence-corrected chi connectivity index (χ4v) is 4.46. The fourth-order valence-electron chi connectivity index (χ4n) is 2.12. The topological polar surface area (TPSA) is 253 Å². The molecule has 0 bridgehead atoms. The molecule has 0 rings (SSSR count). The summed E-state index contributed by atoms with van der Waals surface area (Å²) in [5.41, 5.74) is 0. The Morgan fingerprint density at radius 3 is 0.805 bits per heavy atom. The van der Waals surface area contributed by atoms with E-state index < -0.39 is 86.0 Å². The van der Waals surface area contributed by atoms with E-state index >= 15 is 0 Å². The lowest BCUT2D eigenvalue weighted by Crippen LogP contribution is -2.38. The summed E-state index contributed by atoms with van der Waals surface area (Å²) in [6.07, 6.45) is 0.333. The average Bonchev–Trinajstić information content (AvgIpc) is 2.85. The molecule has 0 saturated heterocycles. The molecule has 0 aliphatic rings. The number of carbonyl (C=O) groups excluding carboxylic acids is 4. The van der Waals surface area contributed by atoms with Gasteiger partial charge in [-0.25, -0.2) is 33.7 Å². The Morgan fingerprint density at radius 2 is 0.610 bits per heavy atom. The van der Waals surface area contributed by atoms with Crippen molar-refractivity contribution >= 4 is 63.0 Å². The Balaban J connectivity index is 0. The molecular weight excluding hydrogens is 629 g/mol. The summed E-state index contributed by atoms with van der Waals surface area (Å²) >= 11 is 0. The molecule has 0 fully saturated rings. The Labute approximate surface area is 240 Å². The van der Waals surface area contributed by atoms with Crippen molar-refractivity contribution < 1.29 is 52.8 Å². The number of amides is 4. The molecule has 0 unspecified atom stereocenters. The number of carbonyl (C=O) groups is 4. The molecule has 0 aliphatic carbocycles. The van der Waals surface area contributed by atoms with Gasteiger partial charge in [0.2, 0.25) is 23.6 Å². The third kappa shape index (κ3) is 23.1. The van der Waals surface area contributed by atoms with Gasteiger partial charge in [-0.2, -0.15) is 0 Å². The lowest BCUT2D eigenvalue weighted by Gasteiger charge is -2.06. The predicted octanol–water partition coefficient (Wildman–Crippen LogP) is -2.94. The maximum atomic E-state index is 11.2. The Kier molecular flexibility index (Phi) is 18.3. The number of sulfone groups is 4. The molecule has 16 nitrogen and oxygen atoms in total. The monoisotopic (exact) mass is 662 g/mol. The van der Waals surface area contributed by atoms with Crippen LogP contribution in [0.4, 0.5) is 0 Å². The standard InChI is InChI=1S/C11H18N2O6S2.C10H16N2O6S2/c1-3-20(16,17)8-10(14)12-6-5-7-13-11(15)9-21(18,19)4-2;1-3-19(15,16)7-9(13)11-5-6-12-10(14)8-20(17,18)4-2/h3-4H,1-2,5-9H2,(H,12,14)(H,13,15);3-4H,1-2,5-8H2,(H,11,13)(H,12,14). The van der Waals surface area contributed by atoms with Crippen LogP contribution in [-0.2, 0) is 58.5 Å². The first kappa shape index (κ1) is 39.8. The Bertz CT molecular complexity index is 1310. The predicted molar refractivity (Wildman–Crippen MR) is 153 cm³/mol. The molecule has 0 saturated carbocycles. The van der Waals surface area contributed by atoms with Crippen molar-refractivity contribution in [1.29, 1.82) is 0 Å². The van der Waals surface area contributed by atoms with Crippen molar-refractivity contribution in [3.8, 4) is 0 Å². The van der Waals surface area contributed by atoms with Crippen LogP contribution in [0, 0.1) is 0 Å². The van der Waals surface area contributed by atoms with E-state index in [0.29, 0.717) is 28.1 Å². The van der Waals surface area contributed by atoms with Crippen LogP contribution in [0.15, 0.2) is 47.9 Å². The largest absolute Gasteiger partial charge is 0.355 e. The molecule has 41 heavy (non-hydrogen) atoms. The molecule has 0 radical (unpaired) electrons. The minimum absolute atomic E-state index is 0.0224. The number of hydrogen-bond acceptors (Lipinski definition) is 12. The number of hydrogen-bond donors (Lipinski definition) is 4. The summed E-state index contributed by atoms with van der Waals surface area (Å²) in [5.74, 6) is -5.63. The van der Waals surface area contributed by atoms with Crippen LogP contribution in [0.2, 0.25) is 0 Å². The highest BCUT2D eigenvalue weighted by Gasteiger charge is 2.15. The first-order valence-electron chi connectivity index (χ1n) is 11.2. The normalized spacial score (nSPS) is 11.4. The van der Waals surface area contributed by atoms with Crippen LogP contribution in [0.1, 0.15) is 6.42 Å². The second-order valence-corrected chi connectivity index (χ2v) is 15.4. The van der Waals surface area contributed by atoms with Gasteiger partial charge in [-0.3, -0.25) is 19.2 Å². The third-order valence-electron chi connectivity index (χ3n) is 4.11. The van der Waals surface area contributed by atoms with Gasteiger partial charge in [0.25, 0.3) is 0 Å². The summed E-state index contributed by atoms with van der Waals surface area (Å²) < 4.78 is 88.3. The van der Waals surface area contributed by atoms with Gasteiger partial charge in [-0.1, -0.05) is 26.3 Å². The van der Waals surface area contributed by atoms with Crippen molar-refractivity contribution in [2.75, 3.05) is 49.2 Å². The smallest absolute Gasteiger partial charge is 0.235 e. The van der Waals surface area contributed by atoms with E-state index in [1.165, 1.54) is 0 Å².